The summed E-state index contributed by atoms with van der Waals surface area (Å²) in [6, 6.07) is 11.6. The number of nitrogens with zero attached hydrogens (tertiary/aromatic N) is 1. The molecule has 106 valence electrons. The first kappa shape index (κ1) is 14.7. The third kappa shape index (κ3) is 4.74. The minimum atomic E-state index is -0.116. The molecule has 0 bridgehead atoms. The third-order valence-electron chi connectivity index (χ3n) is 2.66. The van der Waals surface area contributed by atoms with Crippen molar-refractivity contribution in [2.45, 2.75) is 31.4 Å². The van der Waals surface area contributed by atoms with Gasteiger partial charge in [0, 0.05) is 18.4 Å². The molecule has 0 fully saturated rings. The molecule has 1 aromatic carbocycles. The molecule has 4 nitrogen and oxygen atoms in total. The van der Waals surface area contributed by atoms with E-state index in [-0.39, 0.29) is 5.56 Å². The van der Waals surface area contributed by atoms with Gasteiger partial charge in [-0.2, -0.15) is 11.8 Å². The molecule has 5 heteroatoms. The second-order valence-corrected chi connectivity index (χ2v) is 6.35. The fourth-order valence-corrected chi connectivity index (χ4v) is 2.35. The maximum Gasteiger partial charge on any atom is 0.252 e. The van der Waals surface area contributed by atoms with E-state index in [0.717, 1.165) is 17.0 Å². The van der Waals surface area contributed by atoms with Gasteiger partial charge in [-0.1, -0.05) is 44.2 Å². The Morgan fingerprint density at radius 3 is 2.75 bits per heavy atom. The number of rotatable bonds is 6. The lowest BCUT2D eigenvalue weighted by atomic mass is 10.2. The summed E-state index contributed by atoms with van der Waals surface area (Å²) >= 11 is 1.77. The normalized spacial score (nSPS) is 10.8. The topological polar surface area (TPSA) is 57.8 Å². The van der Waals surface area contributed by atoms with Crippen LogP contribution in [0.1, 0.15) is 25.1 Å². The number of hydrogen-bond donors (Lipinski definition) is 2. The lowest BCUT2D eigenvalue weighted by Gasteiger charge is -2.08. The van der Waals surface area contributed by atoms with Crippen LogP contribution in [0.25, 0.3) is 0 Å². The molecule has 0 radical (unpaired) electrons. The van der Waals surface area contributed by atoms with Crippen LogP contribution >= 0.6 is 11.8 Å². The van der Waals surface area contributed by atoms with E-state index in [1.54, 1.807) is 17.8 Å². The van der Waals surface area contributed by atoms with E-state index in [9.17, 15) is 4.79 Å². The van der Waals surface area contributed by atoms with E-state index in [0.29, 0.717) is 17.7 Å². The standard InChI is InChI=1S/C15H19N3OS/c1-11(2)20-10-13-8-14(19)18-15(17-13)16-9-12-6-4-3-5-7-12/h3-8,11H,9-10H2,1-2H3,(H2,16,17,18,19). The Bertz CT molecular complexity index is 596. The van der Waals surface area contributed by atoms with Crippen LogP contribution in [0, 0.1) is 0 Å². The first-order chi connectivity index (χ1) is 9.63. The zero-order valence-electron chi connectivity index (χ0n) is 11.7. The Labute approximate surface area is 123 Å². The summed E-state index contributed by atoms with van der Waals surface area (Å²) in [7, 11) is 0. The molecule has 1 aromatic heterocycles. The highest BCUT2D eigenvalue weighted by Gasteiger charge is 2.03. The number of aromatic nitrogens is 2. The van der Waals surface area contributed by atoms with Gasteiger partial charge in [0.15, 0.2) is 0 Å². The van der Waals surface area contributed by atoms with Gasteiger partial charge in [-0.25, -0.2) is 4.98 Å². The molecule has 20 heavy (non-hydrogen) atoms. The largest absolute Gasteiger partial charge is 0.352 e. The number of H-pyrrole nitrogens is 1. The number of benzene rings is 1. The van der Waals surface area contributed by atoms with E-state index < -0.39 is 0 Å². The van der Waals surface area contributed by atoms with Crippen LogP contribution in [0.4, 0.5) is 5.95 Å². The molecule has 0 saturated carbocycles. The summed E-state index contributed by atoms with van der Waals surface area (Å²) < 4.78 is 0. The summed E-state index contributed by atoms with van der Waals surface area (Å²) in [6.07, 6.45) is 0. The van der Waals surface area contributed by atoms with Crippen molar-refractivity contribution in [3.8, 4) is 0 Å². The van der Waals surface area contributed by atoms with Gasteiger partial charge in [0.25, 0.3) is 5.56 Å². The number of anilines is 1. The van der Waals surface area contributed by atoms with Crippen molar-refractivity contribution in [3.63, 3.8) is 0 Å². The van der Waals surface area contributed by atoms with Gasteiger partial charge in [0.1, 0.15) is 0 Å². The number of nitrogens with one attached hydrogen (secondary N) is 2. The lowest BCUT2D eigenvalue weighted by Crippen LogP contribution is -2.14. The predicted molar refractivity (Wildman–Crippen MR) is 85.1 cm³/mol. The second-order valence-electron chi connectivity index (χ2n) is 4.78. The average Bonchev–Trinajstić information content (AvgIpc) is 2.44. The first-order valence-electron chi connectivity index (χ1n) is 6.63. The molecule has 2 N–H and O–H groups in total. The predicted octanol–water partition coefficient (Wildman–Crippen LogP) is 3.02. The maximum atomic E-state index is 11.6. The van der Waals surface area contributed by atoms with Crippen LogP contribution < -0.4 is 10.9 Å². The molecular formula is C15H19N3OS. The smallest absolute Gasteiger partial charge is 0.252 e. The Morgan fingerprint density at radius 1 is 1.30 bits per heavy atom. The van der Waals surface area contributed by atoms with Crippen molar-refractivity contribution in [2.24, 2.45) is 0 Å². The highest BCUT2D eigenvalue weighted by molar-refractivity contribution is 7.99. The van der Waals surface area contributed by atoms with Crippen molar-refractivity contribution in [3.05, 3.63) is 58.0 Å². The van der Waals surface area contributed by atoms with E-state index in [1.807, 2.05) is 30.3 Å². The van der Waals surface area contributed by atoms with Crippen LogP contribution in [0.5, 0.6) is 0 Å². The van der Waals surface area contributed by atoms with Crippen molar-refractivity contribution in [2.75, 3.05) is 5.32 Å². The zero-order chi connectivity index (χ0) is 14.4. The Hall–Kier alpha value is -1.75. The molecule has 0 unspecified atom stereocenters. The van der Waals surface area contributed by atoms with Crippen molar-refractivity contribution in [1.82, 2.24) is 9.97 Å². The molecule has 0 atom stereocenters. The Balaban J connectivity index is 2.02. The van der Waals surface area contributed by atoms with Gasteiger partial charge in [0.05, 0.1) is 5.69 Å². The Morgan fingerprint density at radius 2 is 2.05 bits per heavy atom. The summed E-state index contributed by atoms with van der Waals surface area (Å²) in [5.41, 5.74) is 1.84. The fraction of sp³-hybridized carbons (Fsp3) is 0.333. The molecule has 0 spiro atoms. The molecule has 0 aliphatic carbocycles. The van der Waals surface area contributed by atoms with E-state index in [1.165, 1.54) is 0 Å². The van der Waals surface area contributed by atoms with Gasteiger partial charge >= 0.3 is 0 Å². The van der Waals surface area contributed by atoms with Crippen molar-refractivity contribution in [1.29, 1.82) is 0 Å². The number of hydrogen-bond acceptors (Lipinski definition) is 4. The van der Waals surface area contributed by atoms with Crippen molar-refractivity contribution < 1.29 is 0 Å². The minimum Gasteiger partial charge on any atom is -0.352 e. The molecule has 0 amide bonds. The van der Waals surface area contributed by atoms with Gasteiger partial charge in [0.2, 0.25) is 5.95 Å². The highest BCUT2D eigenvalue weighted by atomic mass is 32.2. The molecule has 1 heterocycles. The van der Waals surface area contributed by atoms with Gasteiger partial charge in [-0.05, 0) is 10.8 Å². The third-order valence-corrected chi connectivity index (χ3v) is 3.79. The maximum absolute atomic E-state index is 11.6. The van der Waals surface area contributed by atoms with Crippen LogP contribution in [-0.2, 0) is 12.3 Å². The summed E-state index contributed by atoms with van der Waals surface area (Å²) in [4.78, 5) is 18.8. The molecule has 0 saturated heterocycles. The molecule has 0 aliphatic rings. The molecule has 0 aliphatic heterocycles. The zero-order valence-corrected chi connectivity index (χ0v) is 12.5. The monoisotopic (exact) mass is 289 g/mol. The highest BCUT2D eigenvalue weighted by Crippen LogP contribution is 2.15. The van der Waals surface area contributed by atoms with E-state index in [4.69, 9.17) is 0 Å². The first-order valence-corrected chi connectivity index (χ1v) is 7.68. The molecule has 2 aromatic rings. The Kier molecular flexibility index (Phi) is 5.24. The van der Waals surface area contributed by atoms with Crippen LogP contribution in [0.2, 0.25) is 0 Å². The van der Waals surface area contributed by atoms with Gasteiger partial charge < -0.3 is 5.32 Å². The summed E-state index contributed by atoms with van der Waals surface area (Å²) in [5.74, 6) is 1.28. The fourth-order valence-electron chi connectivity index (χ4n) is 1.70. The van der Waals surface area contributed by atoms with Crippen LogP contribution in [0.15, 0.2) is 41.2 Å². The minimum absolute atomic E-state index is 0.116. The van der Waals surface area contributed by atoms with Crippen LogP contribution in [0.3, 0.4) is 0 Å². The quantitative estimate of drug-likeness (QED) is 0.858. The number of aromatic amines is 1. The average molecular weight is 289 g/mol. The van der Waals surface area contributed by atoms with E-state index >= 15 is 0 Å². The SMILES string of the molecule is CC(C)SCc1cc(=O)[nH]c(NCc2ccccc2)n1. The second kappa shape index (κ2) is 7.14. The van der Waals surface area contributed by atoms with E-state index in [2.05, 4.69) is 29.1 Å². The van der Waals surface area contributed by atoms with Crippen molar-refractivity contribution >= 4 is 17.7 Å². The van der Waals surface area contributed by atoms with Gasteiger partial charge in [-0.3, -0.25) is 9.78 Å². The summed E-state index contributed by atoms with van der Waals surface area (Å²) in [5, 5.41) is 3.68. The van der Waals surface area contributed by atoms with Gasteiger partial charge in [-0.15, -0.1) is 0 Å². The molecular weight excluding hydrogens is 270 g/mol. The lowest BCUT2D eigenvalue weighted by molar-refractivity contribution is 0.999. The molecule has 2 rings (SSSR count). The number of thioether (sulfide) groups is 1. The van der Waals surface area contributed by atoms with Crippen LogP contribution in [-0.4, -0.2) is 15.2 Å². The summed E-state index contributed by atoms with van der Waals surface area (Å²) in [6.45, 7) is 4.91.